The van der Waals surface area contributed by atoms with Crippen molar-refractivity contribution in [3.8, 4) is 0 Å². The third kappa shape index (κ3) is 4.91. The molecule has 0 unspecified atom stereocenters. The molecule has 0 fully saturated rings. The number of benzene rings is 1. The largest absolute Gasteiger partial charge is 0.383 e. The van der Waals surface area contributed by atoms with Crippen LogP contribution in [0, 0.1) is 6.92 Å². The third-order valence-electron chi connectivity index (χ3n) is 2.07. The minimum absolute atomic E-state index is 0.0401. The maximum absolute atomic E-state index is 11.5. The van der Waals surface area contributed by atoms with E-state index in [0.717, 1.165) is 11.3 Å². The van der Waals surface area contributed by atoms with Gasteiger partial charge in [-0.2, -0.15) is 0 Å². The van der Waals surface area contributed by atoms with Gasteiger partial charge in [-0.15, -0.1) is 0 Å². The molecule has 88 valence electrons. The molecule has 0 aliphatic rings. The van der Waals surface area contributed by atoms with Gasteiger partial charge in [0.25, 0.3) is 0 Å². The van der Waals surface area contributed by atoms with Gasteiger partial charge in [-0.05, 0) is 24.6 Å². The number of carbonyl (C=O) groups is 1. The zero-order valence-electron chi connectivity index (χ0n) is 9.75. The molecule has 0 aliphatic heterocycles. The van der Waals surface area contributed by atoms with Crippen LogP contribution in [0.1, 0.15) is 5.56 Å². The summed E-state index contributed by atoms with van der Waals surface area (Å²) in [6, 6.07) is 7.73. The summed E-state index contributed by atoms with van der Waals surface area (Å²) in [6.45, 7) is 3.58. The minimum Gasteiger partial charge on any atom is -0.383 e. The number of rotatable bonds is 6. The van der Waals surface area contributed by atoms with Crippen LogP contribution < -0.4 is 10.6 Å². The second-order valence-corrected chi connectivity index (χ2v) is 3.59. The zero-order chi connectivity index (χ0) is 11.8. The Kier molecular flexibility index (Phi) is 5.53. The van der Waals surface area contributed by atoms with Crippen LogP contribution in [0.2, 0.25) is 0 Å². The van der Waals surface area contributed by atoms with Crippen molar-refractivity contribution >= 4 is 11.6 Å². The summed E-state index contributed by atoms with van der Waals surface area (Å²) < 4.78 is 4.86. The van der Waals surface area contributed by atoms with Crippen LogP contribution in [0.3, 0.4) is 0 Å². The molecule has 0 saturated carbocycles. The molecule has 0 bridgehead atoms. The number of methoxy groups -OCH3 is 1. The summed E-state index contributed by atoms with van der Waals surface area (Å²) in [7, 11) is 1.63. The Morgan fingerprint density at radius 1 is 1.44 bits per heavy atom. The smallest absolute Gasteiger partial charge is 0.238 e. The van der Waals surface area contributed by atoms with Crippen molar-refractivity contribution in [1.29, 1.82) is 0 Å². The number of aryl methyl sites for hydroxylation is 1. The van der Waals surface area contributed by atoms with E-state index in [1.807, 2.05) is 31.2 Å². The lowest BCUT2D eigenvalue weighted by atomic mass is 10.2. The fourth-order valence-corrected chi connectivity index (χ4v) is 1.30. The number of hydrogen-bond acceptors (Lipinski definition) is 3. The van der Waals surface area contributed by atoms with E-state index < -0.39 is 0 Å². The van der Waals surface area contributed by atoms with E-state index >= 15 is 0 Å². The van der Waals surface area contributed by atoms with Crippen LogP contribution >= 0.6 is 0 Å². The molecule has 0 aliphatic carbocycles. The minimum atomic E-state index is -0.0401. The van der Waals surface area contributed by atoms with E-state index in [1.54, 1.807) is 7.11 Å². The second kappa shape index (κ2) is 6.98. The average molecular weight is 222 g/mol. The van der Waals surface area contributed by atoms with Crippen LogP contribution in [0.5, 0.6) is 0 Å². The van der Waals surface area contributed by atoms with Crippen molar-refractivity contribution in [1.82, 2.24) is 5.32 Å². The maximum atomic E-state index is 11.5. The van der Waals surface area contributed by atoms with Crippen molar-refractivity contribution in [2.75, 3.05) is 32.1 Å². The molecule has 2 N–H and O–H groups in total. The predicted octanol–water partition coefficient (Wildman–Crippen LogP) is 1.17. The molecule has 4 nitrogen and oxygen atoms in total. The van der Waals surface area contributed by atoms with Crippen molar-refractivity contribution in [3.05, 3.63) is 29.8 Å². The number of hydrogen-bond donors (Lipinski definition) is 2. The molecular formula is C12H18N2O2. The van der Waals surface area contributed by atoms with Crippen LogP contribution in [0.25, 0.3) is 0 Å². The molecule has 0 heterocycles. The Labute approximate surface area is 96.0 Å². The number of anilines is 1. The van der Waals surface area contributed by atoms with Gasteiger partial charge in [0, 0.05) is 19.3 Å². The molecule has 0 radical (unpaired) electrons. The molecule has 16 heavy (non-hydrogen) atoms. The first-order valence-corrected chi connectivity index (χ1v) is 5.28. The van der Waals surface area contributed by atoms with Gasteiger partial charge in [-0.25, -0.2) is 0 Å². The summed E-state index contributed by atoms with van der Waals surface area (Å²) in [5.41, 5.74) is 1.96. The standard InChI is InChI=1S/C12H18N2O2/c1-10-4-3-5-11(8-10)14-12(15)9-13-6-7-16-2/h3-5,8,13H,6-7,9H2,1-2H3,(H,14,15). The quantitative estimate of drug-likeness (QED) is 0.710. The van der Waals surface area contributed by atoms with Crippen LogP contribution in [0.4, 0.5) is 5.69 Å². The first-order valence-electron chi connectivity index (χ1n) is 5.28. The highest BCUT2D eigenvalue weighted by molar-refractivity contribution is 5.92. The fraction of sp³-hybridized carbons (Fsp3) is 0.417. The van der Waals surface area contributed by atoms with Gasteiger partial charge >= 0.3 is 0 Å². The lowest BCUT2D eigenvalue weighted by Crippen LogP contribution is -2.30. The van der Waals surface area contributed by atoms with Gasteiger partial charge in [0.05, 0.1) is 13.2 Å². The predicted molar refractivity (Wildman–Crippen MR) is 64.6 cm³/mol. The zero-order valence-corrected chi connectivity index (χ0v) is 9.75. The first-order chi connectivity index (χ1) is 7.72. The second-order valence-electron chi connectivity index (χ2n) is 3.59. The number of amides is 1. The van der Waals surface area contributed by atoms with Crippen LogP contribution in [0.15, 0.2) is 24.3 Å². The number of nitrogens with one attached hydrogen (secondary N) is 2. The molecule has 1 amide bonds. The Bertz CT molecular complexity index is 340. The molecular weight excluding hydrogens is 204 g/mol. The van der Waals surface area contributed by atoms with E-state index in [-0.39, 0.29) is 5.91 Å². The summed E-state index contributed by atoms with van der Waals surface area (Å²) in [5.74, 6) is -0.0401. The SMILES string of the molecule is COCCNCC(=O)Nc1cccc(C)c1. The third-order valence-corrected chi connectivity index (χ3v) is 2.07. The van der Waals surface area contributed by atoms with E-state index in [1.165, 1.54) is 0 Å². The molecule has 0 aromatic heterocycles. The molecule has 0 spiro atoms. The topological polar surface area (TPSA) is 50.4 Å². The van der Waals surface area contributed by atoms with Gasteiger partial charge in [0.2, 0.25) is 5.91 Å². The van der Waals surface area contributed by atoms with E-state index in [2.05, 4.69) is 10.6 Å². The maximum Gasteiger partial charge on any atom is 0.238 e. The lowest BCUT2D eigenvalue weighted by Gasteiger charge is -2.06. The Hall–Kier alpha value is -1.39. The molecule has 1 aromatic rings. The Morgan fingerprint density at radius 2 is 2.25 bits per heavy atom. The highest BCUT2D eigenvalue weighted by Crippen LogP contribution is 2.08. The molecule has 0 atom stereocenters. The van der Waals surface area contributed by atoms with Crippen molar-refractivity contribution < 1.29 is 9.53 Å². The molecule has 0 saturated heterocycles. The number of ether oxygens (including phenoxy) is 1. The van der Waals surface area contributed by atoms with Crippen molar-refractivity contribution in [3.63, 3.8) is 0 Å². The molecule has 1 rings (SSSR count). The van der Waals surface area contributed by atoms with Gasteiger partial charge < -0.3 is 15.4 Å². The van der Waals surface area contributed by atoms with Crippen molar-refractivity contribution in [2.45, 2.75) is 6.92 Å². The average Bonchev–Trinajstić information content (AvgIpc) is 2.24. The summed E-state index contributed by atoms with van der Waals surface area (Å²) in [6.07, 6.45) is 0. The Morgan fingerprint density at radius 3 is 2.94 bits per heavy atom. The molecule has 1 aromatic carbocycles. The number of carbonyl (C=O) groups excluding carboxylic acids is 1. The first kappa shape index (κ1) is 12.7. The fourth-order valence-electron chi connectivity index (χ4n) is 1.30. The molecule has 4 heteroatoms. The van der Waals surface area contributed by atoms with Crippen LogP contribution in [-0.4, -0.2) is 32.7 Å². The van der Waals surface area contributed by atoms with Gasteiger partial charge in [-0.3, -0.25) is 4.79 Å². The van der Waals surface area contributed by atoms with E-state index in [9.17, 15) is 4.79 Å². The lowest BCUT2D eigenvalue weighted by molar-refractivity contribution is -0.115. The van der Waals surface area contributed by atoms with Gasteiger partial charge in [0.15, 0.2) is 0 Å². The summed E-state index contributed by atoms with van der Waals surface area (Å²) >= 11 is 0. The normalized spacial score (nSPS) is 10.1. The van der Waals surface area contributed by atoms with E-state index in [0.29, 0.717) is 19.7 Å². The van der Waals surface area contributed by atoms with Gasteiger partial charge in [-0.1, -0.05) is 12.1 Å². The van der Waals surface area contributed by atoms with Crippen LogP contribution in [-0.2, 0) is 9.53 Å². The van der Waals surface area contributed by atoms with E-state index in [4.69, 9.17) is 4.74 Å². The highest BCUT2D eigenvalue weighted by Gasteiger charge is 2.00. The monoisotopic (exact) mass is 222 g/mol. The van der Waals surface area contributed by atoms with Gasteiger partial charge in [0.1, 0.15) is 0 Å². The highest BCUT2D eigenvalue weighted by atomic mass is 16.5. The Balaban J connectivity index is 2.29. The summed E-state index contributed by atoms with van der Waals surface area (Å²) in [4.78, 5) is 11.5. The summed E-state index contributed by atoms with van der Waals surface area (Å²) in [5, 5.41) is 5.80. The van der Waals surface area contributed by atoms with Crippen molar-refractivity contribution in [2.24, 2.45) is 0 Å².